The van der Waals surface area contributed by atoms with Gasteiger partial charge in [0.1, 0.15) is 6.61 Å². The molecule has 1 aromatic rings. The van der Waals surface area contributed by atoms with Gasteiger partial charge in [0, 0.05) is 6.54 Å². The van der Waals surface area contributed by atoms with Crippen molar-refractivity contribution in [2.75, 3.05) is 13.2 Å². The van der Waals surface area contributed by atoms with E-state index in [0.29, 0.717) is 6.54 Å². The van der Waals surface area contributed by atoms with Crippen LogP contribution >= 0.6 is 12.6 Å². The number of carbonyl (C=O) groups is 1. The van der Waals surface area contributed by atoms with E-state index < -0.39 is 0 Å². The third-order valence-electron chi connectivity index (χ3n) is 2.43. The zero-order valence-corrected chi connectivity index (χ0v) is 9.19. The molecule has 1 aliphatic heterocycles. The fourth-order valence-electron chi connectivity index (χ4n) is 1.57. The third-order valence-corrected chi connectivity index (χ3v) is 2.85. The van der Waals surface area contributed by atoms with Crippen molar-refractivity contribution >= 4 is 18.5 Å². The van der Waals surface area contributed by atoms with Crippen LogP contribution in [0, 0.1) is 0 Å². The molecular formula is C11H13NO2S. The average molecular weight is 223 g/mol. The van der Waals surface area contributed by atoms with Gasteiger partial charge in [-0.3, -0.25) is 4.79 Å². The fraction of sp³-hybridized carbons (Fsp3) is 0.364. The van der Waals surface area contributed by atoms with Crippen LogP contribution in [0.2, 0.25) is 0 Å². The Morgan fingerprint density at radius 1 is 1.40 bits per heavy atom. The maximum absolute atomic E-state index is 11.4. The number of carbonyl (C=O) groups excluding carboxylic acids is 1. The largest absolute Gasteiger partial charge is 0.339 e. The van der Waals surface area contributed by atoms with Gasteiger partial charge in [-0.05, 0) is 12.0 Å². The van der Waals surface area contributed by atoms with E-state index in [-0.39, 0.29) is 18.1 Å². The molecule has 0 spiro atoms. The molecule has 1 aromatic carbocycles. The van der Waals surface area contributed by atoms with E-state index in [0.717, 1.165) is 6.42 Å². The predicted molar refractivity (Wildman–Crippen MR) is 60.6 cm³/mol. The molecule has 80 valence electrons. The van der Waals surface area contributed by atoms with Crippen LogP contribution in [-0.2, 0) is 16.0 Å². The zero-order chi connectivity index (χ0) is 10.7. The van der Waals surface area contributed by atoms with Crippen molar-refractivity contribution in [1.82, 2.24) is 4.90 Å². The first-order valence-electron chi connectivity index (χ1n) is 4.90. The van der Waals surface area contributed by atoms with Crippen LogP contribution in [0.15, 0.2) is 30.3 Å². The first-order chi connectivity index (χ1) is 7.27. The van der Waals surface area contributed by atoms with E-state index in [1.165, 1.54) is 5.56 Å². The molecule has 1 unspecified atom stereocenters. The molecule has 0 N–H and O–H groups in total. The Hall–Kier alpha value is -1.00. The van der Waals surface area contributed by atoms with Crippen LogP contribution < -0.4 is 0 Å². The molecule has 15 heavy (non-hydrogen) atoms. The lowest BCUT2D eigenvalue weighted by atomic mass is 10.1. The number of thiol groups is 1. The Labute approximate surface area is 94.4 Å². The van der Waals surface area contributed by atoms with Crippen LogP contribution in [-0.4, -0.2) is 29.5 Å². The second kappa shape index (κ2) is 4.68. The molecule has 0 aromatic heterocycles. The van der Waals surface area contributed by atoms with Crippen molar-refractivity contribution in [2.24, 2.45) is 0 Å². The van der Waals surface area contributed by atoms with Crippen LogP contribution in [0.4, 0.5) is 0 Å². The molecule has 2 rings (SSSR count). The summed E-state index contributed by atoms with van der Waals surface area (Å²) in [6.07, 6.45) is 0.840. The SMILES string of the molecule is O=C1COC(S)N1CCc1ccccc1. The molecule has 1 aliphatic rings. The van der Waals surface area contributed by atoms with Gasteiger partial charge in [-0.1, -0.05) is 30.3 Å². The molecule has 0 bridgehead atoms. The Balaban J connectivity index is 1.91. The molecule has 0 radical (unpaired) electrons. The van der Waals surface area contributed by atoms with E-state index >= 15 is 0 Å². The van der Waals surface area contributed by atoms with Crippen LogP contribution in [0.3, 0.4) is 0 Å². The van der Waals surface area contributed by atoms with Gasteiger partial charge < -0.3 is 9.64 Å². The smallest absolute Gasteiger partial charge is 0.251 e. The van der Waals surface area contributed by atoms with Gasteiger partial charge >= 0.3 is 0 Å². The number of ether oxygens (including phenoxy) is 1. The maximum Gasteiger partial charge on any atom is 0.251 e. The van der Waals surface area contributed by atoms with Crippen molar-refractivity contribution in [3.63, 3.8) is 0 Å². The summed E-state index contributed by atoms with van der Waals surface area (Å²) in [5.74, 6) is 0.0194. The summed E-state index contributed by atoms with van der Waals surface area (Å²) in [6.45, 7) is 0.819. The van der Waals surface area contributed by atoms with Crippen LogP contribution in [0.25, 0.3) is 0 Å². The van der Waals surface area contributed by atoms with Crippen molar-refractivity contribution in [3.8, 4) is 0 Å². The zero-order valence-electron chi connectivity index (χ0n) is 8.30. The maximum atomic E-state index is 11.4. The highest BCUT2D eigenvalue weighted by molar-refractivity contribution is 7.80. The van der Waals surface area contributed by atoms with Gasteiger partial charge in [-0.2, -0.15) is 0 Å². The van der Waals surface area contributed by atoms with E-state index in [9.17, 15) is 4.79 Å². The molecule has 1 saturated heterocycles. The van der Waals surface area contributed by atoms with Crippen molar-refractivity contribution in [1.29, 1.82) is 0 Å². The van der Waals surface area contributed by atoms with Crippen LogP contribution in [0.5, 0.6) is 0 Å². The van der Waals surface area contributed by atoms with Crippen molar-refractivity contribution in [2.45, 2.75) is 12.0 Å². The number of amides is 1. The van der Waals surface area contributed by atoms with E-state index in [1.54, 1.807) is 4.90 Å². The summed E-state index contributed by atoms with van der Waals surface area (Å²) >= 11 is 4.18. The highest BCUT2D eigenvalue weighted by atomic mass is 32.1. The number of rotatable bonds is 3. The minimum absolute atomic E-state index is 0.0194. The molecule has 4 heteroatoms. The van der Waals surface area contributed by atoms with Gasteiger partial charge in [-0.15, -0.1) is 12.6 Å². The summed E-state index contributed by atoms with van der Waals surface area (Å²) < 4.78 is 5.11. The second-order valence-corrected chi connectivity index (χ2v) is 3.90. The quantitative estimate of drug-likeness (QED) is 0.783. The van der Waals surface area contributed by atoms with Gasteiger partial charge in [-0.25, -0.2) is 0 Å². The summed E-state index contributed by atoms with van der Waals surface area (Å²) in [6, 6.07) is 10.1. The minimum atomic E-state index is -0.374. The topological polar surface area (TPSA) is 29.5 Å². The summed E-state index contributed by atoms with van der Waals surface area (Å²) in [4.78, 5) is 13.0. The van der Waals surface area contributed by atoms with E-state index in [1.807, 2.05) is 18.2 Å². The Kier molecular flexibility index (Phi) is 3.28. The number of benzene rings is 1. The fourth-order valence-corrected chi connectivity index (χ4v) is 1.89. The standard InChI is InChI=1S/C11H13NO2S/c13-10-8-14-11(15)12(10)7-6-9-4-2-1-3-5-9/h1-5,11,15H,6-8H2. The number of hydrogen-bond donors (Lipinski definition) is 1. The summed E-state index contributed by atoms with van der Waals surface area (Å²) in [7, 11) is 0. The van der Waals surface area contributed by atoms with Gasteiger partial charge in [0.05, 0.1) is 0 Å². The summed E-state index contributed by atoms with van der Waals surface area (Å²) in [5.41, 5.74) is 0.846. The molecule has 0 saturated carbocycles. The molecule has 1 fully saturated rings. The highest BCUT2D eigenvalue weighted by Gasteiger charge is 2.28. The van der Waals surface area contributed by atoms with E-state index in [2.05, 4.69) is 24.8 Å². The molecule has 1 amide bonds. The average Bonchev–Trinajstić information content (AvgIpc) is 2.58. The first-order valence-corrected chi connectivity index (χ1v) is 5.42. The van der Waals surface area contributed by atoms with Gasteiger partial charge in [0.25, 0.3) is 5.91 Å². The predicted octanol–water partition coefficient (Wildman–Crippen LogP) is 1.30. The van der Waals surface area contributed by atoms with Crippen molar-refractivity contribution < 1.29 is 9.53 Å². The molecule has 3 nitrogen and oxygen atoms in total. The lowest BCUT2D eigenvalue weighted by molar-refractivity contribution is -0.127. The van der Waals surface area contributed by atoms with Crippen molar-refractivity contribution in [3.05, 3.63) is 35.9 Å². The third kappa shape index (κ3) is 2.52. The molecule has 0 aliphatic carbocycles. The Morgan fingerprint density at radius 2 is 2.13 bits per heavy atom. The normalized spacial score (nSPS) is 21.0. The lowest BCUT2D eigenvalue weighted by Gasteiger charge is -2.18. The lowest BCUT2D eigenvalue weighted by Crippen LogP contribution is -2.32. The minimum Gasteiger partial charge on any atom is -0.339 e. The van der Waals surface area contributed by atoms with Gasteiger partial charge in [0.15, 0.2) is 5.56 Å². The van der Waals surface area contributed by atoms with E-state index in [4.69, 9.17) is 4.74 Å². The molecule has 1 atom stereocenters. The number of nitrogens with zero attached hydrogens (tertiary/aromatic N) is 1. The van der Waals surface area contributed by atoms with Crippen LogP contribution in [0.1, 0.15) is 5.56 Å². The summed E-state index contributed by atoms with van der Waals surface area (Å²) in [5, 5.41) is 0. The first kappa shape index (κ1) is 10.5. The molecular weight excluding hydrogens is 210 g/mol. The van der Waals surface area contributed by atoms with Gasteiger partial charge in [0.2, 0.25) is 0 Å². The molecule has 1 heterocycles. The highest BCUT2D eigenvalue weighted by Crippen LogP contribution is 2.15. The second-order valence-electron chi connectivity index (χ2n) is 3.46. The Morgan fingerprint density at radius 3 is 2.73 bits per heavy atom. The number of hydrogen-bond acceptors (Lipinski definition) is 3. The Bertz CT molecular complexity index is 342. The monoisotopic (exact) mass is 223 g/mol.